The number of H-pyrrole nitrogens is 1. The fraction of sp³-hybridized carbons (Fsp3) is 0.300. The number of nitrogens with zero attached hydrogens (tertiary/aromatic N) is 3. The van der Waals surface area contributed by atoms with E-state index >= 15 is 0 Å². The highest BCUT2D eigenvalue weighted by molar-refractivity contribution is 6.04. The van der Waals surface area contributed by atoms with E-state index < -0.39 is 0 Å². The average Bonchev–Trinajstić information content (AvgIpc) is 3.11. The minimum absolute atomic E-state index is 0.0147. The van der Waals surface area contributed by atoms with E-state index in [2.05, 4.69) is 46.3 Å². The van der Waals surface area contributed by atoms with Crippen molar-refractivity contribution >= 4 is 22.5 Å². The van der Waals surface area contributed by atoms with E-state index in [1.165, 1.54) is 11.3 Å². The molecular weight excluding hydrogens is 312 g/mol. The monoisotopic (exact) mass is 334 g/mol. The Morgan fingerprint density at radius 3 is 2.56 bits per heavy atom. The van der Waals surface area contributed by atoms with Gasteiger partial charge in [0.2, 0.25) is 0 Å². The van der Waals surface area contributed by atoms with Crippen LogP contribution >= 0.6 is 0 Å². The Kier molecular flexibility index (Phi) is 4.14. The van der Waals surface area contributed by atoms with Crippen LogP contribution in [0.15, 0.2) is 48.5 Å². The van der Waals surface area contributed by atoms with Gasteiger partial charge in [0.1, 0.15) is 0 Å². The number of para-hydroxylation sites is 2. The normalized spacial score (nSPS) is 14.9. The molecule has 1 saturated heterocycles. The van der Waals surface area contributed by atoms with Crippen LogP contribution in [-0.2, 0) is 6.42 Å². The van der Waals surface area contributed by atoms with Crippen LogP contribution in [0, 0.1) is 0 Å². The number of carbonyl (C=O) groups excluding carboxylic acids is 1. The second-order valence-electron chi connectivity index (χ2n) is 6.38. The molecule has 4 rings (SSSR count). The quantitative estimate of drug-likeness (QED) is 0.801. The third kappa shape index (κ3) is 2.86. The molecule has 128 valence electrons. The number of nitrogens with one attached hydrogen (secondary N) is 1. The van der Waals surface area contributed by atoms with Crippen molar-refractivity contribution in [1.29, 1.82) is 0 Å². The topological polar surface area (TPSA) is 52.2 Å². The maximum absolute atomic E-state index is 12.9. The number of anilines is 1. The molecule has 1 aliphatic rings. The predicted octanol–water partition coefficient (Wildman–Crippen LogP) is 3.09. The van der Waals surface area contributed by atoms with Gasteiger partial charge in [-0.2, -0.15) is 5.10 Å². The number of hydrogen-bond donors (Lipinski definition) is 1. The molecule has 3 aromatic rings. The molecule has 0 spiro atoms. The van der Waals surface area contributed by atoms with E-state index in [0.29, 0.717) is 5.69 Å². The van der Waals surface area contributed by atoms with Gasteiger partial charge in [-0.05, 0) is 24.1 Å². The predicted molar refractivity (Wildman–Crippen MR) is 100 cm³/mol. The molecular formula is C20H22N4O. The largest absolute Gasteiger partial charge is 0.368 e. The Balaban J connectivity index is 1.49. The van der Waals surface area contributed by atoms with E-state index in [1.54, 1.807) is 0 Å². The van der Waals surface area contributed by atoms with Crippen molar-refractivity contribution in [3.63, 3.8) is 0 Å². The zero-order chi connectivity index (χ0) is 17.2. The molecule has 2 aromatic carbocycles. The number of hydrogen-bond acceptors (Lipinski definition) is 3. The van der Waals surface area contributed by atoms with Crippen molar-refractivity contribution in [1.82, 2.24) is 15.1 Å². The Labute approximate surface area is 147 Å². The molecule has 0 aliphatic carbocycles. The first-order chi connectivity index (χ1) is 12.3. The highest BCUT2D eigenvalue weighted by Gasteiger charge is 2.25. The lowest BCUT2D eigenvalue weighted by molar-refractivity contribution is 0.0742. The number of amides is 1. The van der Waals surface area contributed by atoms with Crippen LogP contribution in [0.25, 0.3) is 10.9 Å². The summed E-state index contributed by atoms with van der Waals surface area (Å²) < 4.78 is 0. The van der Waals surface area contributed by atoms with Gasteiger partial charge in [-0.25, -0.2) is 0 Å². The average molecular weight is 334 g/mol. The van der Waals surface area contributed by atoms with Crippen LogP contribution < -0.4 is 4.90 Å². The van der Waals surface area contributed by atoms with E-state index in [9.17, 15) is 4.79 Å². The number of aromatic amines is 1. The zero-order valence-corrected chi connectivity index (χ0v) is 14.4. The third-order valence-corrected chi connectivity index (χ3v) is 4.95. The van der Waals surface area contributed by atoms with Crippen LogP contribution in [0.2, 0.25) is 0 Å². The summed E-state index contributed by atoms with van der Waals surface area (Å²) in [5.41, 5.74) is 4.09. The maximum atomic E-state index is 12.9. The first-order valence-corrected chi connectivity index (χ1v) is 8.83. The molecule has 1 aromatic heterocycles. The number of fused-ring (bicyclic) bond motifs is 1. The molecule has 0 unspecified atom stereocenters. The second kappa shape index (κ2) is 6.59. The van der Waals surface area contributed by atoms with Gasteiger partial charge in [0.15, 0.2) is 5.69 Å². The standard InChI is InChI=1S/C20H22N4O/c1-2-15-7-3-6-10-18(15)23-11-13-24(14-12-23)20(25)19-16-8-4-5-9-17(16)21-22-19/h3-10H,2,11-14H2,1H3,(H,21,22). The van der Waals surface area contributed by atoms with Gasteiger partial charge >= 0.3 is 0 Å². The minimum Gasteiger partial charge on any atom is -0.368 e. The molecule has 5 heteroatoms. The van der Waals surface area contributed by atoms with Crippen molar-refractivity contribution in [3.05, 3.63) is 59.8 Å². The second-order valence-corrected chi connectivity index (χ2v) is 6.38. The molecule has 1 fully saturated rings. The maximum Gasteiger partial charge on any atom is 0.275 e. The summed E-state index contributed by atoms with van der Waals surface area (Å²) >= 11 is 0. The Bertz CT molecular complexity index is 893. The highest BCUT2D eigenvalue weighted by Crippen LogP contribution is 2.23. The van der Waals surface area contributed by atoms with E-state index in [1.807, 2.05) is 29.2 Å². The van der Waals surface area contributed by atoms with Gasteiger partial charge < -0.3 is 9.80 Å². The summed E-state index contributed by atoms with van der Waals surface area (Å²) in [6.07, 6.45) is 1.02. The zero-order valence-electron chi connectivity index (χ0n) is 14.4. The lowest BCUT2D eigenvalue weighted by Crippen LogP contribution is -2.49. The lowest BCUT2D eigenvalue weighted by Gasteiger charge is -2.36. The van der Waals surface area contributed by atoms with Crippen molar-refractivity contribution in [3.8, 4) is 0 Å². The molecule has 1 N–H and O–H groups in total. The number of aromatic nitrogens is 2. The van der Waals surface area contributed by atoms with E-state index in [-0.39, 0.29) is 5.91 Å². The Morgan fingerprint density at radius 2 is 1.76 bits per heavy atom. The molecule has 2 heterocycles. The Morgan fingerprint density at radius 1 is 1.04 bits per heavy atom. The van der Waals surface area contributed by atoms with Crippen molar-refractivity contribution < 1.29 is 4.79 Å². The van der Waals surface area contributed by atoms with Crippen LogP contribution in [0.5, 0.6) is 0 Å². The SMILES string of the molecule is CCc1ccccc1N1CCN(C(=O)c2n[nH]c3ccccc23)CC1. The molecule has 0 radical (unpaired) electrons. The van der Waals surface area contributed by atoms with Crippen molar-refractivity contribution in [2.45, 2.75) is 13.3 Å². The van der Waals surface area contributed by atoms with Crippen molar-refractivity contribution in [2.24, 2.45) is 0 Å². The van der Waals surface area contributed by atoms with Gasteiger partial charge in [0.05, 0.1) is 5.52 Å². The van der Waals surface area contributed by atoms with E-state index in [4.69, 9.17) is 0 Å². The fourth-order valence-electron chi connectivity index (χ4n) is 3.54. The Hall–Kier alpha value is -2.82. The van der Waals surface area contributed by atoms with Gasteiger partial charge in [-0.1, -0.05) is 43.3 Å². The fourth-order valence-corrected chi connectivity index (χ4v) is 3.54. The minimum atomic E-state index is 0.0147. The number of rotatable bonds is 3. The van der Waals surface area contributed by atoms with Crippen LogP contribution in [0.4, 0.5) is 5.69 Å². The highest BCUT2D eigenvalue weighted by atomic mass is 16.2. The molecule has 0 saturated carbocycles. The summed E-state index contributed by atoms with van der Waals surface area (Å²) in [6.45, 7) is 5.33. The van der Waals surface area contributed by atoms with Gasteiger partial charge in [-0.3, -0.25) is 9.89 Å². The summed E-state index contributed by atoms with van der Waals surface area (Å²) in [4.78, 5) is 17.2. The molecule has 25 heavy (non-hydrogen) atoms. The summed E-state index contributed by atoms with van der Waals surface area (Å²) in [5.74, 6) is 0.0147. The summed E-state index contributed by atoms with van der Waals surface area (Å²) in [7, 11) is 0. The van der Waals surface area contributed by atoms with E-state index in [0.717, 1.165) is 43.5 Å². The molecule has 0 atom stereocenters. The smallest absolute Gasteiger partial charge is 0.275 e. The molecule has 0 bridgehead atoms. The molecule has 1 aliphatic heterocycles. The first-order valence-electron chi connectivity index (χ1n) is 8.83. The summed E-state index contributed by atoms with van der Waals surface area (Å²) in [5, 5.41) is 8.09. The number of benzene rings is 2. The molecule has 1 amide bonds. The van der Waals surface area contributed by atoms with Crippen LogP contribution in [0.1, 0.15) is 23.0 Å². The van der Waals surface area contributed by atoms with Crippen molar-refractivity contribution in [2.75, 3.05) is 31.1 Å². The van der Waals surface area contributed by atoms with Crippen LogP contribution in [0.3, 0.4) is 0 Å². The first kappa shape index (κ1) is 15.7. The van der Waals surface area contributed by atoms with Gasteiger partial charge in [0.25, 0.3) is 5.91 Å². The number of carbonyl (C=O) groups is 1. The molecule has 5 nitrogen and oxygen atoms in total. The van der Waals surface area contributed by atoms with Crippen LogP contribution in [-0.4, -0.2) is 47.2 Å². The number of aryl methyl sites for hydroxylation is 1. The lowest BCUT2D eigenvalue weighted by atomic mass is 10.1. The summed E-state index contributed by atoms with van der Waals surface area (Å²) in [6, 6.07) is 16.3. The number of piperazine rings is 1. The van der Waals surface area contributed by atoms with Gasteiger partial charge in [-0.15, -0.1) is 0 Å². The third-order valence-electron chi connectivity index (χ3n) is 4.95. The van der Waals surface area contributed by atoms with Gasteiger partial charge in [0, 0.05) is 37.3 Å².